The molecule has 0 aliphatic rings. The maximum absolute atomic E-state index is 12.1. The third-order valence-corrected chi connectivity index (χ3v) is 4.15. The van der Waals surface area contributed by atoms with E-state index in [1.165, 1.54) is 6.07 Å². The second kappa shape index (κ2) is 5.16. The number of aryl methyl sites for hydroxylation is 2. The van der Waals surface area contributed by atoms with Gasteiger partial charge in [0.2, 0.25) is 10.0 Å². The van der Waals surface area contributed by atoms with Crippen LogP contribution in [-0.2, 0) is 30.2 Å². The van der Waals surface area contributed by atoms with Gasteiger partial charge in [0.05, 0.1) is 12.7 Å². The molecule has 0 saturated heterocycles. The Labute approximate surface area is 111 Å². The summed E-state index contributed by atoms with van der Waals surface area (Å²) in [6.07, 6.45) is 3.35. The molecule has 0 aliphatic carbocycles. The maximum Gasteiger partial charge on any atom is 0.244 e. The molecule has 7 nitrogen and oxygen atoms in total. The fourth-order valence-corrected chi connectivity index (χ4v) is 2.93. The molecule has 0 spiro atoms. The number of aromatic nitrogens is 2. The number of hydrogen-bond acceptors (Lipinski definition) is 5. The lowest BCUT2D eigenvalue weighted by Crippen LogP contribution is -2.23. The molecule has 0 fully saturated rings. The summed E-state index contributed by atoms with van der Waals surface area (Å²) in [5, 5.41) is 3.97. The van der Waals surface area contributed by atoms with Crippen LogP contribution in [0.2, 0.25) is 0 Å². The van der Waals surface area contributed by atoms with Gasteiger partial charge < -0.3 is 10.2 Å². The zero-order valence-corrected chi connectivity index (χ0v) is 11.6. The highest BCUT2D eigenvalue weighted by Crippen LogP contribution is 2.19. The minimum absolute atomic E-state index is 0.122. The van der Waals surface area contributed by atoms with Crippen molar-refractivity contribution in [1.82, 2.24) is 14.5 Å². The fraction of sp³-hybridized carbons (Fsp3) is 0.364. The molecular formula is C11H16N4O3S. The largest absolute Gasteiger partial charge is 0.464 e. The highest BCUT2D eigenvalue weighted by molar-refractivity contribution is 7.89. The van der Waals surface area contributed by atoms with Gasteiger partial charge in [0.25, 0.3) is 0 Å². The van der Waals surface area contributed by atoms with Crippen molar-refractivity contribution in [3.05, 3.63) is 35.5 Å². The second-order valence-corrected chi connectivity index (χ2v) is 5.92. The Morgan fingerprint density at radius 3 is 2.79 bits per heavy atom. The third kappa shape index (κ3) is 3.03. The van der Waals surface area contributed by atoms with Gasteiger partial charge in [-0.25, -0.2) is 13.1 Å². The summed E-state index contributed by atoms with van der Waals surface area (Å²) < 4.78 is 33.6. The van der Waals surface area contributed by atoms with E-state index in [4.69, 9.17) is 10.2 Å². The van der Waals surface area contributed by atoms with Crippen LogP contribution in [0.15, 0.2) is 27.8 Å². The van der Waals surface area contributed by atoms with Crippen molar-refractivity contribution in [1.29, 1.82) is 0 Å². The Morgan fingerprint density at radius 2 is 2.26 bits per heavy atom. The maximum atomic E-state index is 12.1. The number of nitrogens with one attached hydrogen (secondary N) is 1. The first kappa shape index (κ1) is 13.8. The van der Waals surface area contributed by atoms with Crippen LogP contribution in [0.3, 0.4) is 0 Å². The lowest BCUT2D eigenvalue weighted by Gasteiger charge is -2.03. The number of sulfonamides is 1. The molecule has 0 aromatic carbocycles. The standard InChI is InChI=1S/C11H16N4O3S/c1-8-11(3-10(4-12)18-8)19(16,17)14-6-9-5-13-15(2)7-9/h3,5,7,14H,4,6,12H2,1-2H3. The minimum Gasteiger partial charge on any atom is -0.464 e. The van der Waals surface area contributed by atoms with Crippen LogP contribution >= 0.6 is 0 Å². The molecule has 2 rings (SSSR count). The molecule has 2 aromatic heterocycles. The third-order valence-electron chi connectivity index (χ3n) is 2.64. The van der Waals surface area contributed by atoms with E-state index in [1.54, 1.807) is 31.0 Å². The Kier molecular flexibility index (Phi) is 3.74. The van der Waals surface area contributed by atoms with Gasteiger partial charge in [-0.15, -0.1) is 0 Å². The quantitative estimate of drug-likeness (QED) is 0.819. The molecule has 3 N–H and O–H groups in total. The Hall–Kier alpha value is -1.64. The summed E-state index contributed by atoms with van der Waals surface area (Å²) in [4.78, 5) is 0.122. The minimum atomic E-state index is -3.61. The highest BCUT2D eigenvalue weighted by Gasteiger charge is 2.20. The molecule has 104 valence electrons. The van der Waals surface area contributed by atoms with Gasteiger partial charge in [-0.3, -0.25) is 4.68 Å². The van der Waals surface area contributed by atoms with E-state index in [1.807, 2.05) is 0 Å². The van der Waals surface area contributed by atoms with Crippen LogP contribution < -0.4 is 10.5 Å². The van der Waals surface area contributed by atoms with Crippen LogP contribution in [0.5, 0.6) is 0 Å². The topological polar surface area (TPSA) is 103 Å². The average molecular weight is 284 g/mol. The molecule has 0 amide bonds. The number of nitrogens with two attached hydrogens (primary N) is 1. The molecular weight excluding hydrogens is 268 g/mol. The predicted octanol–water partition coefficient (Wildman–Crippen LogP) is 0.259. The van der Waals surface area contributed by atoms with Crippen LogP contribution in [0.25, 0.3) is 0 Å². The Bertz CT molecular complexity index is 672. The molecule has 0 bridgehead atoms. The zero-order valence-electron chi connectivity index (χ0n) is 10.8. The summed E-state index contributed by atoms with van der Waals surface area (Å²) in [5.41, 5.74) is 6.21. The van der Waals surface area contributed by atoms with E-state index in [0.29, 0.717) is 11.5 Å². The SMILES string of the molecule is Cc1oc(CN)cc1S(=O)(=O)NCc1cnn(C)c1. The molecule has 0 aliphatic heterocycles. The van der Waals surface area contributed by atoms with Gasteiger partial charge in [0.1, 0.15) is 16.4 Å². The van der Waals surface area contributed by atoms with E-state index < -0.39 is 10.0 Å². The zero-order chi connectivity index (χ0) is 14.0. The monoisotopic (exact) mass is 284 g/mol. The molecule has 0 atom stereocenters. The van der Waals surface area contributed by atoms with Crippen LogP contribution in [0.4, 0.5) is 0 Å². The normalized spacial score (nSPS) is 11.9. The number of furan rings is 1. The van der Waals surface area contributed by atoms with E-state index >= 15 is 0 Å². The predicted molar refractivity (Wildman–Crippen MR) is 68.6 cm³/mol. The van der Waals surface area contributed by atoms with E-state index in [9.17, 15) is 8.42 Å². The van der Waals surface area contributed by atoms with E-state index in [0.717, 1.165) is 5.56 Å². The van der Waals surface area contributed by atoms with Gasteiger partial charge >= 0.3 is 0 Å². The van der Waals surface area contributed by atoms with Gasteiger partial charge in [-0.1, -0.05) is 0 Å². The molecule has 0 saturated carbocycles. The van der Waals surface area contributed by atoms with Crippen molar-refractivity contribution in [2.45, 2.75) is 24.9 Å². The van der Waals surface area contributed by atoms with Crippen molar-refractivity contribution in [3.8, 4) is 0 Å². The summed E-state index contributed by atoms with van der Waals surface area (Å²) >= 11 is 0. The van der Waals surface area contributed by atoms with Gasteiger partial charge in [0, 0.05) is 31.4 Å². The van der Waals surface area contributed by atoms with Crippen molar-refractivity contribution in [2.24, 2.45) is 12.8 Å². The number of rotatable bonds is 5. The van der Waals surface area contributed by atoms with Crippen LogP contribution in [0.1, 0.15) is 17.1 Å². The van der Waals surface area contributed by atoms with Crippen molar-refractivity contribution in [2.75, 3.05) is 0 Å². The molecule has 0 radical (unpaired) electrons. The van der Waals surface area contributed by atoms with Gasteiger partial charge in [-0.2, -0.15) is 5.10 Å². The molecule has 8 heteroatoms. The Balaban J connectivity index is 2.15. The summed E-state index contributed by atoms with van der Waals surface area (Å²) in [5.74, 6) is 0.776. The fourth-order valence-electron chi connectivity index (χ4n) is 1.71. The Morgan fingerprint density at radius 1 is 1.53 bits per heavy atom. The van der Waals surface area contributed by atoms with E-state index in [2.05, 4.69) is 9.82 Å². The summed E-state index contributed by atoms with van der Waals surface area (Å²) in [6.45, 7) is 1.94. The molecule has 19 heavy (non-hydrogen) atoms. The van der Waals surface area contributed by atoms with Crippen LogP contribution in [0, 0.1) is 6.92 Å². The molecule has 2 heterocycles. The summed E-state index contributed by atoms with van der Waals surface area (Å²) in [6, 6.07) is 1.45. The van der Waals surface area contributed by atoms with Crippen molar-refractivity contribution < 1.29 is 12.8 Å². The smallest absolute Gasteiger partial charge is 0.244 e. The van der Waals surface area contributed by atoms with Gasteiger partial charge in [-0.05, 0) is 6.92 Å². The first-order valence-electron chi connectivity index (χ1n) is 5.69. The van der Waals surface area contributed by atoms with Crippen LogP contribution in [-0.4, -0.2) is 18.2 Å². The summed E-state index contributed by atoms with van der Waals surface area (Å²) in [7, 11) is -1.84. The molecule has 2 aromatic rings. The molecule has 0 unspecified atom stereocenters. The lowest BCUT2D eigenvalue weighted by atomic mass is 10.4. The first-order valence-corrected chi connectivity index (χ1v) is 7.17. The first-order chi connectivity index (χ1) is 8.92. The lowest BCUT2D eigenvalue weighted by molar-refractivity contribution is 0.478. The highest BCUT2D eigenvalue weighted by atomic mass is 32.2. The number of hydrogen-bond donors (Lipinski definition) is 2. The number of nitrogens with zero attached hydrogens (tertiary/aromatic N) is 2. The van der Waals surface area contributed by atoms with Crippen molar-refractivity contribution >= 4 is 10.0 Å². The van der Waals surface area contributed by atoms with Gasteiger partial charge in [0.15, 0.2) is 0 Å². The average Bonchev–Trinajstić information content (AvgIpc) is 2.93. The second-order valence-electron chi connectivity index (χ2n) is 4.18. The van der Waals surface area contributed by atoms with E-state index in [-0.39, 0.29) is 18.0 Å². The van der Waals surface area contributed by atoms with Crippen molar-refractivity contribution in [3.63, 3.8) is 0 Å².